The molecular formula is C27H36O4. The van der Waals surface area contributed by atoms with Crippen molar-refractivity contribution in [1.82, 2.24) is 0 Å². The van der Waals surface area contributed by atoms with E-state index < -0.39 is 0 Å². The fraction of sp³-hybridized carbons (Fsp3) is 0.444. The average Bonchev–Trinajstić information content (AvgIpc) is 2.74. The highest BCUT2D eigenvalue weighted by Crippen LogP contribution is 2.40. The van der Waals surface area contributed by atoms with E-state index in [4.69, 9.17) is 14.2 Å². The van der Waals surface area contributed by atoms with Gasteiger partial charge in [-0.25, -0.2) is 0 Å². The van der Waals surface area contributed by atoms with Crippen molar-refractivity contribution in [3.63, 3.8) is 0 Å². The van der Waals surface area contributed by atoms with Crippen LogP contribution in [0.1, 0.15) is 75.9 Å². The number of carbonyl (C=O) groups is 1. The van der Waals surface area contributed by atoms with Crippen molar-refractivity contribution in [2.24, 2.45) is 0 Å². The molecule has 0 unspecified atom stereocenters. The molecule has 4 heteroatoms. The first-order chi connectivity index (χ1) is 14.8. The second kappa shape index (κ2) is 11.6. The first-order valence-corrected chi connectivity index (χ1v) is 11.2. The molecular weight excluding hydrogens is 388 g/mol. The third kappa shape index (κ3) is 7.16. The van der Waals surface area contributed by atoms with Gasteiger partial charge < -0.3 is 14.2 Å². The molecule has 0 aromatic heterocycles. The van der Waals surface area contributed by atoms with E-state index in [0.29, 0.717) is 25.4 Å². The maximum absolute atomic E-state index is 12.6. The van der Waals surface area contributed by atoms with Gasteiger partial charge in [0.15, 0.2) is 5.78 Å². The number of rotatable bonds is 11. The Bertz CT molecular complexity index is 844. The molecule has 0 amide bonds. The quantitative estimate of drug-likeness (QED) is 0.292. The van der Waals surface area contributed by atoms with Gasteiger partial charge in [-0.1, -0.05) is 40.7 Å². The molecule has 0 atom stereocenters. The van der Waals surface area contributed by atoms with Gasteiger partial charge in [0, 0.05) is 11.1 Å². The number of benzene rings is 2. The molecule has 2 aromatic rings. The van der Waals surface area contributed by atoms with E-state index in [1.807, 2.05) is 37.3 Å². The van der Waals surface area contributed by atoms with Crippen LogP contribution in [0.4, 0.5) is 0 Å². The zero-order valence-corrected chi connectivity index (χ0v) is 19.8. The molecule has 0 saturated heterocycles. The summed E-state index contributed by atoms with van der Waals surface area (Å²) in [7, 11) is 0. The minimum Gasteiger partial charge on any atom is -0.494 e. The fourth-order valence-corrected chi connectivity index (χ4v) is 3.25. The zero-order chi connectivity index (χ0) is 22.9. The minimum atomic E-state index is -0.132. The Kier molecular flexibility index (Phi) is 9.17. The predicted molar refractivity (Wildman–Crippen MR) is 128 cm³/mol. The lowest BCUT2D eigenvalue weighted by Gasteiger charge is -2.26. The monoisotopic (exact) mass is 424 g/mol. The molecule has 0 aliphatic carbocycles. The summed E-state index contributed by atoms with van der Waals surface area (Å²) in [4.78, 5) is 12.6. The van der Waals surface area contributed by atoms with Gasteiger partial charge in [-0.05, 0) is 73.2 Å². The SMILES string of the molecule is CCCOc1cc(/C=C/C(=O)c2ccc(OCC)cc2)cc(OCCC)c1C(C)(C)C. The Morgan fingerprint density at radius 3 is 1.87 bits per heavy atom. The molecule has 2 rings (SSSR count). The smallest absolute Gasteiger partial charge is 0.185 e. The Labute approximate surface area is 187 Å². The number of ketones is 1. The number of hydrogen-bond donors (Lipinski definition) is 0. The van der Waals surface area contributed by atoms with Gasteiger partial charge in [0.25, 0.3) is 0 Å². The summed E-state index contributed by atoms with van der Waals surface area (Å²) in [5.41, 5.74) is 2.43. The summed E-state index contributed by atoms with van der Waals surface area (Å²) < 4.78 is 17.6. The highest BCUT2D eigenvalue weighted by atomic mass is 16.5. The van der Waals surface area contributed by atoms with Crippen molar-refractivity contribution in [2.75, 3.05) is 19.8 Å². The molecule has 0 fully saturated rings. The zero-order valence-electron chi connectivity index (χ0n) is 19.8. The first-order valence-electron chi connectivity index (χ1n) is 11.2. The second-order valence-electron chi connectivity index (χ2n) is 8.49. The summed E-state index contributed by atoms with van der Waals surface area (Å²) in [6.45, 7) is 14.4. The van der Waals surface area contributed by atoms with Crippen LogP contribution in [0.3, 0.4) is 0 Å². The van der Waals surface area contributed by atoms with Gasteiger partial charge in [0.2, 0.25) is 0 Å². The van der Waals surface area contributed by atoms with Gasteiger partial charge >= 0.3 is 0 Å². The lowest BCUT2D eigenvalue weighted by molar-refractivity contribution is 0.104. The third-order valence-electron chi connectivity index (χ3n) is 4.64. The van der Waals surface area contributed by atoms with Crippen molar-refractivity contribution in [2.45, 2.75) is 59.8 Å². The number of carbonyl (C=O) groups excluding carboxylic acids is 1. The van der Waals surface area contributed by atoms with Crippen LogP contribution in [-0.2, 0) is 5.41 Å². The maximum atomic E-state index is 12.6. The topological polar surface area (TPSA) is 44.8 Å². The van der Waals surface area contributed by atoms with Crippen LogP contribution < -0.4 is 14.2 Å². The van der Waals surface area contributed by atoms with Gasteiger partial charge in [0.1, 0.15) is 17.2 Å². The standard InChI is InChI=1S/C27H36O4/c1-7-16-30-24-18-20(19-25(31-17-8-2)26(24)27(4,5)6)10-15-23(28)21-11-13-22(14-12-21)29-9-3/h10-15,18-19H,7-9,16-17H2,1-6H3/b15-10+. The molecule has 0 spiro atoms. The average molecular weight is 425 g/mol. The summed E-state index contributed by atoms with van der Waals surface area (Å²) in [6.07, 6.45) is 5.26. The van der Waals surface area contributed by atoms with E-state index >= 15 is 0 Å². The van der Waals surface area contributed by atoms with Crippen LogP contribution in [-0.4, -0.2) is 25.6 Å². The summed E-state index contributed by atoms with van der Waals surface area (Å²) in [5.74, 6) is 2.33. The Balaban J connectivity index is 2.36. The molecule has 0 saturated carbocycles. The van der Waals surface area contributed by atoms with E-state index in [1.165, 1.54) is 0 Å². The molecule has 2 aromatic carbocycles. The number of ether oxygens (including phenoxy) is 3. The fourth-order valence-electron chi connectivity index (χ4n) is 3.25. The Hall–Kier alpha value is -2.75. The molecule has 168 valence electrons. The Morgan fingerprint density at radius 1 is 0.871 bits per heavy atom. The third-order valence-corrected chi connectivity index (χ3v) is 4.64. The Morgan fingerprint density at radius 2 is 1.42 bits per heavy atom. The van der Waals surface area contributed by atoms with Crippen LogP contribution in [0.15, 0.2) is 42.5 Å². The van der Waals surface area contributed by atoms with Crippen LogP contribution in [0.25, 0.3) is 6.08 Å². The molecule has 0 bridgehead atoms. The molecule has 4 nitrogen and oxygen atoms in total. The van der Waals surface area contributed by atoms with Gasteiger partial charge in [0.05, 0.1) is 19.8 Å². The van der Waals surface area contributed by atoms with Crippen molar-refractivity contribution in [1.29, 1.82) is 0 Å². The van der Waals surface area contributed by atoms with Crippen molar-refractivity contribution < 1.29 is 19.0 Å². The predicted octanol–water partition coefficient (Wildman–Crippen LogP) is 6.86. The van der Waals surface area contributed by atoms with E-state index in [9.17, 15) is 4.79 Å². The minimum absolute atomic E-state index is 0.0602. The summed E-state index contributed by atoms with van der Waals surface area (Å²) in [6, 6.07) is 11.2. The van der Waals surface area contributed by atoms with Crippen LogP contribution >= 0.6 is 0 Å². The van der Waals surface area contributed by atoms with E-state index in [-0.39, 0.29) is 11.2 Å². The summed E-state index contributed by atoms with van der Waals surface area (Å²) >= 11 is 0. The highest BCUT2D eigenvalue weighted by molar-refractivity contribution is 6.06. The number of allylic oxidation sites excluding steroid dienone is 1. The molecule has 0 radical (unpaired) electrons. The van der Waals surface area contributed by atoms with Crippen LogP contribution in [0.2, 0.25) is 0 Å². The van der Waals surface area contributed by atoms with Crippen LogP contribution in [0.5, 0.6) is 17.2 Å². The molecule has 0 N–H and O–H groups in total. The maximum Gasteiger partial charge on any atom is 0.185 e. The van der Waals surface area contributed by atoms with Crippen molar-refractivity contribution >= 4 is 11.9 Å². The highest BCUT2D eigenvalue weighted by Gasteiger charge is 2.25. The molecule has 0 heterocycles. The van der Waals surface area contributed by atoms with Gasteiger partial charge in [-0.2, -0.15) is 0 Å². The lowest BCUT2D eigenvalue weighted by atomic mass is 9.84. The van der Waals surface area contributed by atoms with E-state index in [0.717, 1.165) is 41.2 Å². The first kappa shape index (κ1) is 24.5. The molecule has 31 heavy (non-hydrogen) atoms. The van der Waals surface area contributed by atoms with E-state index in [2.05, 4.69) is 34.6 Å². The van der Waals surface area contributed by atoms with E-state index in [1.54, 1.807) is 18.2 Å². The lowest BCUT2D eigenvalue weighted by Crippen LogP contribution is -2.16. The second-order valence-corrected chi connectivity index (χ2v) is 8.49. The largest absolute Gasteiger partial charge is 0.494 e. The van der Waals surface area contributed by atoms with Crippen molar-refractivity contribution in [3.8, 4) is 17.2 Å². The molecule has 0 aliphatic heterocycles. The van der Waals surface area contributed by atoms with Crippen LogP contribution in [0, 0.1) is 0 Å². The number of hydrogen-bond acceptors (Lipinski definition) is 4. The van der Waals surface area contributed by atoms with Gasteiger partial charge in [-0.3, -0.25) is 4.79 Å². The summed E-state index contributed by atoms with van der Waals surface area (Å²) in [5, 5.41) is 0. The van der Waals surface area contributed by atoms with Crippen molar-refractivity contribution in [3.05, 3.63) is 59.2 Å². The van der Waals surface area contributed by atoms with Gasteiger partial charge in [-0.15, -0.1) is 0 Å². The molecule has 0 aliphatic rings. The normalized spacial score (nSPS) is 11.5.